The Kier molecular flexibility index (Phi) is 5.57. The highest BCUT2D eigenvalue weighted by molar-refractivity contribution is 7.71. The lowest BCUT2D eigenvalue weighted by molar-refractivity contribution is 0.194. The standard InChI is InChI=1S/C20H24ClN5OS/c1-3-25-19(18-7-12-27-15(18)2)22-26(20(25)28)14-23-8-10-24(11-9-23)17-6-4-5-16(21)13-17/h4-7,12-13H,3,8-11,14H2,1-2H3. The summed E-state index contributed by atoms with van der Waals surface area (Å²) < 4.78 is 10.2. The number of hydrogen-bond acceptors (Lipinski definition) is 5. The van der Waals surface area contributed by atoms with Gasteiger partial charge in [-0.3, -0.25) is 4.90 Å². The number of rotatable bonds is 5. The molecule has 6 nitrogen and oxygen atoms in total. The minimum Gasteiger partial charge on any atom is -0.469 e. The van der Waals surface area contributed by atoms with Gasteiger partial charge in [-0.1, -0.05) is 17.7 Å². The number of furan rings is 1. The summed E-state index contributed by atoms with van der Waals surface area (Å²) in [5.74, 6) is 1.73. The zero-order valence-electron chi connectivity index (χ0n) is 16.1. The molecule has 3 aromatic rings. The lowest BCUT2D eigenvalue weighted by Crippen LogP contribution is -2.47. The number of aromatic nitrogens is 3. The predicted molar refractivity (Wildman–Crippen MR) is 114 cm³/mol. The smallest absolute Gasteiger partial charge is 0.199 e. The fourth-order valence-corrected chi connectivity index (χ4v) is 4.14. The summed E-state index contributed by atoms with van der Waals surface area (Å²) >= 11 is 11.8. The van der Waals surface area contributed by atoms with Crippen LogP contribution in [-0.4, -0.2) is 45.4 Å². The zero-order chi connectivity index (χ0) is 19.7. The van der Waals surface area contributed by atoms with E-state index in [1.165, 1.54) is 5.69 Å². The van der Waals surface area contributed by atoms with E-state index in [1.54, 1.807) is 6.26 Å². The lowest BCUT2D eigenvalue weighted by atomic mass is 10.2. The highest BCUT2D eigenvalue weighted by atomic mass is 35.5. The molecule has 3 heterocycles. The SMILES string of the molecule is CCn1c(-c2ccoc2C)nn(CN2CCN(c3cccc(Cl)c3)CC2)c1=S. The average Bonchev–Trinajstić information content (AvgIpc) is 3.25. The largest absolute Gasteiger partial charge is 0.469 e. The van der Waals surface area contributed by atoms with Gasteiger partial charge in [-0.15, -0.1) is 0 Å². The Morgan fingerprint density at radius 1 is 1.18 bits per heavy atom. The van der Waals surface area contributed by atoms with Crippen molar-refractivity contribution in [3.05, 3.63) is 52.1 Å². The maximum absolute atomic E-state index is 6.13. The molecule has 1 aromatic carbocycles. The molecule has 0 saturated carbocycles. The monoisotopic (exact) mass is 417 g/mol. The van der Waals surface area contributed by atoms with Gasteiger partial charge in [-0.2, -0.15) is 5.10 Å². The maximum Gasteiger partial charge on any atom is 0.199 e. The molecule has 0 bridgehead atoms. The van der Waals surface area contributed by atoms with Crippen molar-refractivity contribution in [1.82, 2.24) is 19.2 Å². The summed E-state index contributed by atoms with van der Waals surface area (Å²) in [5, 5.41) is 5.59. The van der Waals surface area contributed by atoms with Crippen molar-refractivity contribution < 1.29 is 4.42 Å². The molecule has 0 spiro atoms. The first-order valence-electron chi connectivity index (χ1n) is 9.52. The Labute approximate surface area is 174 Å². The second-order valence-electron chi connectivity index (χ2n) is 6.97. The van der Waals surface area contributed by atoms with Gasteiger partial charge in [0.1, 0.15) is 5.76 Å². The molecule has 4 rings (SSSR count). The molecule has 0 unspecified atom stereocenters. The highest BCUT2D eigenvalue weighted by Gasteiger charge is 2.20. The third-order valence-corrected chi connectivity index (χ3v) is 5.88. The molecule has 1 aliphatic heterocycles. The van der Waals surface area contributed by atoms with Crippen LogP contribution in [0.5, 0.6) is 0 Å². The number of nitrogens with zero attached hydrogens (tertiary/aromatic N) is 5. The minimum atomic E-state index is 0.694. The van der Waals surface area contributed by atoms with Crippen molar-refractivity contribution in [3.8, 4) is 11.4 Å². The van der Waals surface area contributed by atoms with E-state index in [2.05, 4.69) is 27.4 Å². The highest BCUT2D eigenvalue weighted by Crippen LogP contribution is 2.24. The molecule has 0 amide bonds. The molecular formula is C20H24ClN5OS. The fraction of sp³-hybridized carbons (Fsp3) is 0.400. The Hall–Kier alpha value is -2.09. The molecule has 28 heavy (non-hydrogen) atoms. The van der Waals surface area contributed by atoms with Crippen molar-refractivity contribution in [2.24, 2.45) is 0 Å². The first-order valence-corrected chi connectivity index (χ1v) is 10.3. The summed E-state index contributed by atoms with van der Waals surface area (Å²) in [6.07, 6.45) is 1.70. The normalized spacial score (nSPS) is 15.3. The Morgan fingerprint density at radius 3 is 2.61 bits per heavy atom. The summed E-state index contributed by atoms with van der Waals surface area (Å²) in [6.45, 7) is 9.32. The summed E-state index contributed by atoms with van der Waals surface area (Å²) in [6, 6.07) is 10.00. The van der Waals surface area contributed by atoms with Gasteiger partial charge < -0.3 is 13.9 Å². The van der Waals surface area contributed by atoms with E-state index in [4.69, 9.17) is 33.3 Å². The molecule has 0 radical (unpaired) electrons. The lowest BCUT2D eigenvalue weighted by Gasteiger charge is -2.35. The Morgan fingerprint density at radius 2 is 1.96 bits per heavy atom. The van der Waals surface area contributed by atoms with E-state index in [0.29, 0.717) is 6.67 Å². The van der Waals surface area contributed by atoms with E-state index in [9.17, 15) is 0 Å². The second kappa shape index (κ2) is 8.11. The van der Waals surface area contributed by atoms with Crippen LogP contribution in [0.15, 0.2) is 41.0 Å². The number of aryl methyl sites for hydroxylation is 1. The number of anilines is 1. The maximum atomic E-state index is 6.13. The molecular weight excluding hydrogens is 394 g/mol. The third-order valence-electron chi connectivity index (χ3n) is 5.22. The van der Waals surface area contributed by atoms with Gasteiger partial charge in [-0.05, 0) is 50.3 Å². The summed E-state index contributed by atoms with van der Waals surface area (Å²) in [5.41, 5.74) is 2.18. The van der Waals surface area contributed by atoms with Gasteiger partial charge in [-0.25, -0.2) is 4.68 Å². The van der Waals surface area contributed by atoms with Crippen LogP contribution >= 0.6 is 23.8 Å². The molecule has 2 aromatic heterocycles. The number of hydrogen-bond donors (Lipinski definition) is 0. The van der Waals surface area contributed by atoms with Gasteiger partial charge in [0, 0.05) is 43.4 Å². The molecule has 1 aliphatic rings. The van der Waals surface area contributed by atoms with E-state index in [1.807, 2.05) is 35.9 Å². The van der Waals surface area contributed by atoms with Crippen LogP contribution < -0.4 is 4.90 Å². The van der Waals surface area contributed by atoms with Gasteiger partial charge >= 0.3 is 0 Å². The van der Waals surface area contributed by atoms with Gasteiger partial charge in [0.25, 0.3) is 0 Å². The van der Waals surface area contributed by atoms with Crippen LogP contribution in [0.1, 0.15) is 12.7 Å². The molecule has 0 N–H and O–H groups in total. The zero-order valence-corrected chi connectivity index (χ0v) is 17.7. The molecule has 0 atom stereocenters. The van der Waals surface area contributed by atoms with Crippen molar-refractivity contribution in [2.75, 3.05) is 31.1 Å². The third kappa shape index (κ3) is 3.74. The number of halogens is 1. The van der Waals surface area contributed by atoms with Gasteiger partial charge in [0.05, 0.1) is 18.5 Å². The fourth-order valence-electron chi connectivity index (χ4n) is 3.64. The van der Waals surface area contributed by atoms with Crippen molar-refractivity contribution in [3.63, 3.8) is 0 Å². The van der Waals surface area contributed by atoms with Crippen LogP contribution in [0.3, 0.4) is 0 Å². The first kappa shape index (κ1) is 19.2. The number of piperazine rings is 1. The summed E-state index contributed by atoms with van der Waals surface area (Å²) in [4.78, 5) is 4.75. The first-order chi connectivity index (χ1) is 13.6. The van der Waals surface area contributed by atoms with Crippen LogP contribution in [0.4, 0.5) is 5.69 Å². The van der Waals surface area contributed by atoms with Crippen LogP contribution in [0.25, 0.3) is 11.4 Å². The topological polar surface area (TPSA) is 42.4 Å². The van der Waals surface area contributed by atoms with E-state index < -0.39 is 0 Å². The summed E-state index contributed by atoms with van der Waals surface area (Å²) in [7, 11) is 0. The molecule has 0 aliphatic carbocycles. The Balaban J connectivity index is 1.48. The molecule has 1 saturated heterocycles. The van der Waals surface area contributed by atoms with Crippen molar-refractivity contribution in [2.45, 2.75) is 27.1 Å². The van der Waals surface area contributed by atoms with Gasteiger partial charge in [0.15, 0.2) is 10.6 Å². The molecule has 148 valence electrons. The van der Waals surface area contributed by atoms with Crippen molar-refractivity contribution >= 4 is 29.5 Å². The van der Waals surface area contributed by atoms with Crippen LogP contribution in [-0.2, 0) is 13.2 Å². The minimum absolute atomic E-state index is 0.694. The predicted octanol–water partition coefficient (Wildman–Crippen LogP) is 4.44. The van der Waals surface area contributed by atoms with Crippen LogP contribution in [0.2, 0.25) is 5.02 Å². The van der Waals surface area contributed by atoms with E-state index in [-0.39, 0.29) is 0 Å². The van der Waals surface area contributed by atoms with Crippen LogP contribution in [0, 0.1) is 11.7 Å². The molecule has 8 heteroatoms. The van der Waals surface area contributed by atoms with E-state index >= 15 is 0 Å². The average molecular weight is 418 g/mol. The molecule has 1 fully saturated rings. The Bertz CT molecular complexity index is 1020. The van der Waals surface area contributed by atoms with E-state index in [0.717, 1.165) is 59.7 Å². The quantitative estimate of drug-likeness (QED) is 0.574. The second-order valence-corrected chi connectivity index (χ2v) is 7.77. The van der Waals surface area contributed by atoms with Gasteiger partial charge in [0.2, 0.25) is 0 Å². The van der Waals surface area contributed by atoms with Crippen molar-refractivity contribution in [1.29, 1.82) is 0 Å². The number of benzene rings is 1.